The van der Waals surface area contributed by atoms with Gasteiger partial charge in [-0.3, -0.25) is 5.84 Å². The summed E-state index contributed by atoms with van der Waals surface area (Å²) in [5.74, 6) is 5.64. The zero-order valence-corrected chi connectivity index (χ0v) is 8.01. The van der Waals surface area contributed by atoms with Crippen molar-refractivity contribution in [2.45, 2.75) is 19.1 Å². The number of rotatable bonds is 3. The Labute approximate surface area is 78.8 Å². The van der Waals surface area contributed by atoms with Gasteiger partial charge in [0.2, 0.25) is 0 Å². The topological polar surface area (TPSA) is 49.5 Å². The van der Waals surface area contributed by atoms with Crippen LogP contribution in [0, 0.1) is 0 Å². The highest BCUT2D eigenvalue weighted by Crippen LogP contribution is 2.20. The maximum atomic E-state index is 9.51. The summed E-state index contributed by atoms with van der Waals surface area (Å²) in [6.45, 7) is 1.74. The summed E-state index contributed by atoms with van der Waals surface area (Å²) in [7, 11) is 1.75. The predicted molar refractivity (Wildman–Crippen MR) is 52.8 cm³/mol. The van der Waals surface area contributed by atoms with E-state index < -0.39 is 6.10 Å². The summed E-state index contributed by atoms with van der Waals surface area (Å²) in [5.41, 5.74) is 1.03. The van der Waals surface area contributed by atoms with Crippen LogP contribution in [0.15, 0.2) is 30.3 Å². The van der Waals surface area contributed by atoms with Gasteiger partial charge in [-0.15, -0.1) is 0 Å². The van der Waals surface area contributed by atoms with E-state index in [1.807, 2.05) is 30.3 Å². The van der Waals surface area contributed by atoms with E-state index in [2.05, 4.69) is 0 Å². The Kier molecular flexibility index (Phi) is 3.42. The van der Waals surface area contributed by atoms with Crippen molar-refractivity contribution >= 4 is 0 Å². The van der Waals surface area contributed by atoms with Crippen LogP contribution in [0.1, 0.15) is 18.5 Å². The molecule has 1 aromatic carbocycles. The highest BCUT2D eigenvalue weighted by Gasteiger charge is 2.19. The number of hydrogen-bond acceptors (Lipinski definition) is 3. The molecule has 0 aromatic heterocycles. The van der Waals surface area contributed by atoms with E-state index in [0.29, 0.717) is 0 Å². The average Bonchev–Trinajstić information content (AvgIpc) is 2.04. The van der Waals surface area contributed by atoms with E-state index >= 15 is 0 Å². The Balaban J connectivity index is 2.89. The normalized spacial score (nSPS) is 15.8. The molecule has 13 heavy (non-hydrogen) atoms. The van der Waals surface area contributed by atoms with Crippen molar-refractivity contribution in [2.75, 3.05) is 7.05 Å². The van der Waals surface area contributed by atoms with Gasteiger partial charge < -0.3 is 5.11 Å². The monoisotopic (exact) mass is 180 g/mol. The lowest BCUT2D eigenvalue weighted by atomic mass is 10.0. The van der Waals surface area contributed by atoms with E-state index in [9.17, 15) is 5.11 Å². The van der Waals surface area contributed by atoms with Gasteiger partial charge in [0.15, 0.2) is 0 Å². The zero-order valence-electron chi connectivity index (χ0n) is 8.01. The first-order valence-electron chi connectivity index (χ1n) is 4.33. The molecule has 72 valence electrons. The third-order valence-corrected chi connectivity index (χ3v) is 2.04. The van der Waals surface area contributed by atoms with Crippen LogP contribution in [0.5, 0.6) is 0 Å². The number of aliphatic hydroxyl groups is 1. The number of likely N-dealkylation sites (N-methyl/N-ethyl adjacent to an activating group) is 1. The summed E-state index contributed by atoms with van der Waals surface area (Å²) < 4.78 is 0. The van der Waals surface area contributed by atoms with E-state index in [0.717, 1.165) is 5.56 Å². The van der Waals surface area contributed by atoms with Gasteiger partial charge in [-0.2, -0.15) is 0 Å². The molecule has 0 aliphatic heterocycles. The lowest BCUT2D eigenvalue weighted by Gasteiger charge is -2.26. The molecule has 3 N–H and O–H groups in total. The molecule has 0 amide bonds. The molecule has 2 atom stereocenters. The minimum Gasteiger partial charge on any atom is -0.391 e. The molecule has 0 aliphatic carbocycles. The van der Waals surface area contributed by atoms with Gasteiger partial charge in [0.1, 0.15) is 0 Å². The van der Waals surface area contributed by atoms with Crippen LogP contribution < -0.4 is 5.84 Å². The molecule has 0 saturated heterocycles. The molecule has 1 aromatic rings. The molecular weight excluding hydrogens is 164 g/mol. The van der Waals surface area contributed by atoms with Crippen LogP contribution in [0.25, 0.3) is 0 Å². The van der Waals surface area contributed by atoms with Gasteiger partial charge in [0.05, 0.1) is 12.1 Å². The molecular formula is C10H16N2O. The molecule has 2 unspecified atom stereocenters. The number of hydrogen-bond donors (Lipinski definition) is 2. The second-order valence-corrected chi connectivity index (χ2v) is 3.26. The summed E-state index contributed by atoms with van der Waals surface area (Å²) in [6.07, 6.45) is -0.475. The van der Waals surface area contributed by atoms with Gasteiger partial charge in [-0.05, 0) is 12.5 Å². The molecule has 0 spiro atoms. The van der Waals surface area contributed by atoms with E-state index in [1.165, 1.54) is 5.01 Å². The number of nitrogens with two attached hydrogens (primary N) is 1. The number of hydrazine groups is 1. The second-order valence-electron chi connectivity index (χ2n) is 3.26. The Morgan fingerprint density at radius 3 is 2.23 bits per heavy atom. The minimum absolute atomic E-state index is 0.138. The van der Waals surface area contributed by atoms with Crippen LogP contribution >= 0.6 is 0 Å². The smallest absolute Gasteiger partial charge is 0.0744 e. The Morgan fingerprint density at radius 2 is 1.85 bits per heavy atom. The van der Waals surface area contributed by atoms with Crippen molar-refractivity contribution in [3.8, 4) is 0 Å². The van der Waals surface area contributed by atoms with Crippen molar-refractivity contribution in [1.82, 2.24) is 5.01 Å². The van der Waals surface area contributed by atoms with E-state index in [4.69, 9.17) is 5.84 Å². The number of aliphatic hydroxyl groups excluding tert-OH is 1. The summed E-state index contributed by atoms with van der Waals surface area (Å²) in [5, 5.41) is 11.0. The second kappa shape index (κ2) is 4.37. The van der Waals surface area contributed by atoms with Gasteiger partial charge >= 0.3 is 0 Å². The summed E-state index contributed by atoms with van der Waals surface area (Å²) >= 11 is 0. The molecule has 3 heteroatoms. The van der Waals surface area contributed by atoms with Crippen molar-refractivity contribution in [1.29, 1.82) is 0 Å². The average molecular weight is 180 g/mol. The molecule has 1 rings (SSSR count). The fourth-order valence-electron chi connectivity index (χ4n) is 1.50. The third kappa shape index (κ3) is 2.52. The minimum atomic E-state index is -0.475. The highest BCUT2D eigenvalue weighted by molar-refractivity contribution is 5.19. The molecule has 0 radical (unpaired) electrons. The molecule has 0 heterocycles. The predicted octanol–water partition coefficient (Wildman–Crippen LogP) is 0.914. The molecule has 0 saturated carbocycles. The lowest BCUT2D eigenvalue weighted by Crippen LogP contribution is -2.37. The van der Waals surface area contributed by atoms with Crippen molar-refractivity contribution in [3.63, 3.8) is 0 Å². The SMILES string of the molecule is CC(O)C(c1ccccc1)N(C)N. The summed E-state index contributed by atoms with van der Waals surface area (Å²) in [6, 6.07) is 9.60. The van der Waals surface area contributed by atoms with E-state index in [-0.39, 0.29) is 6.04 Å². The van der Waals surface area contributed by atoms with E-state index in [1.54, 1.807) is 14.0 Å². The van der Waals surface area contributed by atoms with Crippen LogP contribution in [-0.2, 0) is 0 Å². The zero-order chi connectivity index (χ0) is 9.84. The lowest BCUT2D eigenvalue weighted by molar-refractivity contribution is 0.0763. The maximum absolute atomic E-state index is 9.51. The Hall–Kier alpha value is -0.900. The van der Waals surface area contributed by atoms with Crippen LogP contribution in [0.4, 0.5) is 0 Å². The molecule has 0 bridgehead atoms. The fraction of sp³-hybridized carbons (Fsp3) is 0.400. The largest absolute Gasteiger partial charge is 0.391 e. The van der Waals surface area contributed by atoms with Crippen LogP contribution in [-0.4, -0.2) is 23.3 Å². The quantitative estimate of drug-likeness (QED) is 0.537. The first-order valence-corrected chi connectivity index (χ1v) is 4.33. The van der Waals surface area contributed by atoms with Gasteiger partial charge in [-0.1, -0.05) is 30.3 Å². The van der Waals surface area contributed by atoms with Crippen molar-refractivity contribution in [2.24, 2.45) is 5.84 Å². The summed E-state index contributed by atoms with van der Waals surface area (Å²) in [4.78, 5) is 0. The first-order chi connectivity index (χ1) is 6.13. The molecule has 0 aliphatic rings. The maximum Gasteiger partial charge on any atom is 0.0744 e. The van der Waals surface area contributed by atoms with Crippen molar-refractivity contribution in [3.05, 3.63) is 35.9 Å². The van der Waals surface area contributed by atoms with Crippen LogP contribution in [0.2, 0.25) is 0 Å². The van der Waals surface area contributed by atoms with Gasteiger partial charge in [-0.25, -0.2) is 5.01 Å². The van der Waals surface area contributed by atoms with Gasteiger partial charge in [0.25, 0.3) is 0 Å². The Morgan fingerprint density at radius 1 is 1.31 bits per heavy atom. The standard InChI is InChI=1S/C10H16N2O/c1-8(13)10(12(2)11)9-6-4-3-5-7-9/h3-8,10,13H,11H2,1-2H3. The van der Waals surface area contributed by atoms with Crippen molar-refractivity contribution < 1.29 is 5.11 Å². The molecule has 0 fully saturated rings. The fourth-order valence-corrected chi connectivity index (χ4v) is 1.50. The Bertz CT molecular complexity index is 238. The third-order valence-electron chi connectivity index (χ3n) is 2.04. The number of benzene rings is 1. The first kappa shape index (κ1) is 10.2. The highest BCUT2D eigenvalue weighted by atomic mass is 16.3. The van der Waals surface area contributed by atoms with Crippen LogP contribution in [0.3, 0.4) is 0 Å². The van der Waals surface area contributed by atoms with Gasteiger partial charge in [0, 0.05) is 7.05 Å². The number of nitrogens with zero attached hydrogens (tertiary/aromatic N) is 1. The molecule has 3 nitrogen and oxygen atoms in total.